The van der Waals surface area contributed by atoms with Crippen LogP contribution in [-0.4, -0.2) is 19.3 Å². The predicted molar refractivity (Wildman–Crippen MR) is 90.8 cm³/mol. The molecular formula is C16H14F4N2O2S. The third-order valence-electron chi connectivity index (χ3n) is 3.20. The first kappa shape index (κ1) is 18.8. The van der Waals surface area contributed by atoms with E-state index in [1.807, 2.05) is 0 Å². The summed E-state index contributed by atoms with van der Waals surface area (Å²) in [6, 6.07) is 6.86. The van der Waals surface area contributed by atoms with Gasteiger partial charge in [-0.1, -0.05) is 0 Å². The third-order valence-corrected chi connectivity index (χ3v) is 3.40. The first-order chi connectivity index (χ1) is 11.7. The van der Waals surface area contributed by atoms with E-state index >= 15 is 0 Å². The van der Waals surface area contributed by atoms with E-state index < -0.39 is 17.6 Å². The van der Waals surface area contributed by atoms with Gasteiger partial charge in [-0.15, -0.1) is 0 Å². The van der Waals surface area contributed by atoms with Crippen LogP contribution < -0.4 is 20.1 Å². The second-order valence-electron chi connectivity index (χ2n) is 4.84. The van der Waals surface area contributed by atoms with Crippen molar-refractivity contribution in [3.63, 3.8) is 0 Å². The molecule has 25 heavy (non-hydrogen) atoms. The number of hydrogen-bond acceptors (Lipinski definition) is 3. The average Bonchev–Trinajstić information content (AvgIpc) is 2.56. The Balaban J connectivity index is 2.18. The number of benzene rings is 2. The molecule has 2 N–H and O–H groups in total. The largest absolute Gasteiger partial charge is 0.497 e. The number of thiocarbonyl (C=S) groups is 1. The summed E-state index contributed by atoms with van der Waals surface area (Å²) in [6.07, 6.45) is -4.58. The van der Waals surface area contributed by atoms with Gasteiger partial charge >= 0.3 is 6.18 Å². The molecule has 0 aliphatic rings. The number of ether oxygens (including phenoxy) is 2. The van der Waals surface area contributed by atoms with Crippen molar-refractivity contribution in [1.82, 2.24) is 0 Å². The molecule has 0 heterocycles. The molecule has 0 saturated heterocycles. The van der Waals surface area contributed by atoms with E-state index in [4.69, 9.17) is 21.7 Å². The van der Waals surface area contributed by atoms with Gasteiger partial charge in [0, 0.05) is 6.07 Å². The van der Waals surface area contributed by atoms with Gasteiger partial charge in [-0.05, 0) is 42.5 Å². The van der Waals surface area contributed by atoms with E-state index in [1.54, 1.807) is 18.2 Å². The van der Waals surface area contributed by atoms with Crippen LogP contribution in [0.15, 0.2) is 36.4 Å². The Morgan fingerprint density at radius 2 is 1.64 bits per heavy atom. The van der Waals surface area contributed by atoms with Crippen LogP contribution in [0.2, 0.25) is 0 Å². The molecule has 0 saturated carbocycles. The first-order valence-electron chi connectivity index (χ1n) is 6.91. The van der Waals surface area contributed by atoms with Crippen LogP contribution in [0.5, 0.6) is 11.5 Å². The van der Waals surface area contributed by atoms with Crippen LogP contribution in [0.3, 0.4) is 0 Å². The molecule has 134 valence electrons. The minimum absolute atomic E-state index is 0.0957. The van der Waals surface area contributed by atoms with Crippen LogP contribution in [-0.2, 0) is 6.18 Å². The Bertz CT molecular complexity index is 781. The normalized spacial score (nSPS) is 11.0. The standard InChI is InChI=1S/C16H14F4N2O2S/c1-23-10-4-6-12(14(8-10)24-2)21-15(25)22-13-7-9(16(18,19)20)3-5-11(13)17/h3-8H,1-2H3,(H2,21,22,25). The van der Waals surface area contributed by atoms with Gasteiger partial charge in [-0.25, -0.2) is 4.39 Å². The van der Waals surface area contributed by atoms with Crippen molar-refractivity contribution in [2.24, 2.45) is 0 Å². The molecule has 0 bridgehead atoms. The quantitative estimate of drug-likeness (QED) is 0.601. The van der Waals surface area contributed by atoms with Gasteiger partial charge in [0.2, 0.25) is 0 Å². The van der Waals surface area contributed by atoms with Gasteiger partial charge in [0.1, 0.15) is 17.3 Å². The lowest BCUT2D eigenvalue weighted by Gasteiger charge is -2.15. The molecule has 9 heteroatoms. The zero-order chi connectivity index (χ0) is 18.6. The summed E-state index contributed by atoms with van der Waals surface area (Å²) in [4.78, 5) is 0. The summed E-state index contributed by atoms with van der Waals surface area (Å²) in [5.74, 6) is 0.0806. The van der Waals surface area contributed by atoms with Crippen LogP contribution in [0.4, 0.5) is 28.9 Å². The van der Waals surface area contributed by atoms with Crippen molar-refractivity contribution >= 4 is 28.7 Å². The number of hydrogen-bond donors (Lipinski definition) is 2. The lowest BCUT2D eigenvalue weighted by molar-refractivity contribution is -0.137. The molecule has 2 aromatic carbocycles. The van der Waals surface area contributed by atoms with Gasteiger partial charge in [0.25, 0.3) is 0 Å². The molecule has 0 fully saturated rings. The molecule has 0 radical (unpaired) electrons. The molecule has 0 atom stereocenters. The Morgan fingerprint density at radius 3 is 2.24 bits per heavy atom. The van der Waals surface area contributed by atoms with Crippen LogP contribution in [0.25, 0.3) is 0 Å². The lowest BCUT2D eigenvalue weighted by atomic mass is 10.2. The fourth-order valence-electron chi connectivity index (χ4n) is 1.98. The van der Waals surface area contributed by atoms with E-state index in [1.165, 1.54) is 14.2 Å². The average molecular weight is 374 g/mol. The highest BCUT2D eigenvalue weighted by molar-refractivity contribution is 7.80. The van der Waals surface area contributed by atoms with Crippen molar-refractivity contribution in [3.05, 3.63) is 47.8 Å². The highest BCUT2D eigenvalue weighted by atomic mass is 32.1. The molecule has 2 aromatic rings. The fraction of sp³-hybridized carbons (Fsp3) is 0.188. The summed E-state index contributed by atoms with van der Waals surface area (Å²) < 4.78 is 62.2. The van der Waals surface area contributed by atoms with E-state index in [9.17, 15) is 17.6 Å². The number of nitrogens with one attached hydrogen (secondary N) is 2. The van der Waals surface area contributed by atoms with E-state index in [-0.39, 0.29) is 10.8 Å². The van der Waals surface area contributed by atoms with Crippen LogP contribution in [0.1, 0.15) is 5.56 Å². The van der Waals surface area contributed by atoms with Crippen molar-refractivity contribution in [2.75, 3.05) is 24.9 Å². The molecule has 0 unspecified atom stereocenters. The molecule has 0 aromatic heterocycles. The fourth-order valence-corrected chi connectivity index (χ4v) is 2.19. The van der Waals surface area contributed by atoms with Gasteiger partial charge < -0.3 is 20.1 Å². The number of halogens is 4. The summed E-state index contributed by atoms with van der Waals surface area (Å²) in [5, 5.41) is 5.05. The van der Waals surface area contributed by atoms with E-state index in [0.29, 0.717) is 29.3 Å². The van der Waals surface area contributed by atoms with Crippen molar-refractivity contribution in [1.29, 1.82) is 0 Å². The van der Waals surface area contributed by atoms with Crippen LogP contribution in [0, 0.1) is 5.82 Å². The van der Waals surface area contributed by atoms with Gasteiger partial charge in [-0.2, -0.15) is 13.2 Å². The minimum atomic E-state index is -4.58. The van der Waals surface area contributed by atoms with Gasteiger partial charge in [-0.3, -0.25) is 0 Å². The Labute approximate surface area is 146 Å². The monoisotopic (exact) mass is 374 g/mol. The molecule has 0 aliphatic heterocycles. The molecule has 2 rings (SSSR count). The second-order valence-corrected chi connectivity index (χ2v) is 5.25. The van der Waals surface area contributed by atoms with Crippen molar-refractivity contribution < 1.29 is 27.0 Å². The van der Waals surface area contributed by atoms with Crippen molar-refractivity contribution in [2.45, 2.75) is 6.18 Å². The summed E-state index contributed by atoms with van der Waals surface area (Å²) >= 11 is 5.03. The Morgan fingerprint density at radius 1 is 0.960 bits per heavy atom. The highest BCUT2D eigenvalue weighted by Gasteiger charge is 2.31. The predicted octanol–water partition coefficient (Wildman–Crippen LogP) is 4.67. The summed E-state index contributed by atoms with van der Waals surface area (Å²) in [5.41, 5.74) is -0.936. The zero-order valence-electron chi connectivity index (χ0n) is 13.2. The smallest absolute Gasteiger partial charge is 0.416 e. The van der Waals surface area contributed by atoms with E-state index in [0.717, 1.165) is 6.07 Å². The number of anilines is 2. The highest BCUT2D eigenvalue weighted by Crippen LogP contribution is 2.32. The van der Waals surface area contributed by atoms with E-state index in [2.05, 4.69) is 10.6 Å². The third kappa shape index (κ3) is 4.72. The molecule has 0 spiro atoms. The van der Waals surface area contributed by atoms with Gasteiger partial charge in [0.15, 0.2) is 5.11 Å². The zero-order valence-corrected chi connectivity index (χ0v) is 14.0. The molecular weight excluding hydrogens is 360 g/mol. The maximum Gasteiger partial charge on any atom is 0.416 e. The van der Waals surface area contributed by atoms with Crippen molar-refractivity contribution in [3.8, 4) is 11.5 Å². The maximum atomic E-state index is 13.7. The summed E-state index contributed by atoms with van der Waals surface area (Å²) in [6.45, 7) is 0. The molecule has 0 amide bonds. The summed E-state index contributed by atoms with van der Waals surface area (Å²) in [7, 11) is 2.92. The molecule has 0 aliphatic carbocycles. The maximum absolute atomic E-state index is 13.7. The second kappa shape index (κ2) is 7.56. The Hall–Kier alpha value is -2.55. The number of alkyl halides is 3. The van der Waals surface area contributed by atoms with Gasteiger partial charge in [0.05, 0.1) is 31.2 Å². The number of methoxy groups -OCH3 is 2. The topological polar surface area (TPSA) is 42.5 Å². The molecule has 4 nitrogen and oxygen atoms in total. The first-order valence-corrected chi connectivity index (χ1v) is 7.32. The minimum Gasteiger partial charge on any atom is -0.497 e. The Kier molecular flexibility index (Phi) is 5.68. The SMILES string of the molecule is COc1ccc(NC(=S)Nc2cc(C(F)(F)F)ccc2F)c(OC)c1. The number of rotatable bonds is 4. The lowest BCUT2D eigenvalue weighted by Crippen LogP contribution is -2.20. The van der Waals surface area contributed by atoms with Crippen LogP contribution >= 0.6 is 12.2 Å².